The van der Waals surface area contributed by atoms with Crippen LogP contribution in [0.5, 0.6) is 0 Å². The van der Waals surface area contributed by atoms with Crippen molar-refractivity contribution in [2.24, 2.45) is 0 Å². The molecule has 7 nitrogen and oxygen atoms in total. The van der Waals surface area contributed by atoms with Crippen LogP contribution in [0.25, 0.3) is 10.4 Å². The molecular weight excluding hydrogens is 428 g/mol. The number of nitro benzene ring substituents is 1. The Hall–Kier alpha value is -3.23. The molecule has 0 bridgehead atoms. The van der Waals surface area contributed by atoms with E-state index in [2.05, 4.69) is 0 Å². The van der Waals surface area contributed by atoms with Crippen LogP contribution < -0.4 is 4.90 Å². The van der Waals surface area contributed by atoms with Gasteiger partial charge in [-0.3, -0.25) is 14.9 Å². The Bertz CT molecular complexity index is 1130. The van der Waals surface area contributed by atoms with E-state index in [1.165, 1.54) is 17.0 Å². The van der Waals surface area contributed by atoms with Gasteiger partial charge >= 0.3 is 5.97 Å². The molecule has 1 heterocycles. The maximum Gasteiger partial charge on any atom is 0.348 e. The van der Waals surface area contributed by atoms with Crippen LogP contribution >= 0.6 is 22.9 Å². The number of benzene rings is 2. The first-order valence-electron chi connectivity index (χ1n) is 8.90. The van der Waals surface area contributed by atoms with Crippen LogP contribution in [-0.2, 0) is 0 Å². The molecule has 0 saturated heterocycles. The lowest BCUT2D eigenvalue weighted by atomic mass is 10.1. The second-order valence-electron chi connectivity index (χ2n) is 6.68. The summed E-state index contributed by atoms with van der Waals surface area (Å²) < 4.78 is 0. The summed E-state index contributed by atoms with van der Waals surface area (Å²) in [6.07, 6.45) is 0. The van der Waals surface area contributed by atoms with Gasteiger partial charge in [0.25, 0.3) is 11.6 Å². The van der Waals surface area contributed by atoms with Gasteiger partial charge < -0.3 is 10.0 Å². The van der Waals surface area contributed by atoms with Crippen molar-refractivity contribution in [3.05, 3.63) is 80.2 Å². The van der Waals surface area contributed by atoms with Gasteiger partial charge in [0.1, 0.15) is 10.4 Å². The highest BCUT2D eigenvalue weighted by Crippen LogP contribution is 2.39. The number of rotatable bonds is 6. The number of halogens is 1. The molecule has 1 aromatic heterocycles. The molecule has 0 aliphatic heterocycles. The third kappa shape index (κ3) is 4.19. The van der Waals surface area contributed by atoms with Crippen molar-refractivity contribution in [3.63, 3.8) is 0 Å². The van der Waals surface area contributed by atoms with E-state index in [0.29, 0.717) is 4.88 Å². The van der Waals surface area contributed by atoms with E-state index in [-0.39, 0.29) is 21.2 Å². The number of hydrogen-bond acceptors (Lipinski definition) is 5. The molecule has 0 saturated carbocycles. The third-order valence-corrected chi connectivity index (χ3v) is 5.74. The molecule has 1 N–H and O–H groups in total. The highest BCUT2D eigenvalue weighted by molar-refractivity contribution is 7.18. The second kappa shape index (κ2) is 8.64. The Morgan fingerprint density at radius 2 is 1.80 bits per heavy atom. The molecule has 0 atom stereocenters. The Kier molecular flexibility index (Phi) is 6.19. The van der Waals surface area contributed by atoms with Crippen molar-refractivity contribution in [2.45, 2.75) is 19.9 Å². The summed E-state index contributed by atoms with van der Waals surface area (Å²) in [6.45, 7) is 3.43. The third-order valence-electron chi connectivity index (χ3n) is 4.35. The summed E-state index contributed by atoms with van der Waals surface area (Å²) in [5.41, 5.74) is 0.399. The van der Waals surface area contributed by atoms with Crippen molar-refractivity contribution >= 4 is 46.2 Å². The van der Waals surface area contributed by atoms with Crippen molar-refractivity contribution in [1.82, 2.24) is 0 Å². The Morgan fingerprint density at radius 3 is 2.37 bits per heavy atom. The normalized spacial score (nSPS) is 10.8. The lowest BCUT2D eigenvalue weighted by Crippen LogP contribution is -2.38. The highest BCUT2D eigenvalue weighted by atomic mass is 35.5. The lowest BCUT2D eigenvalue weighted by molar-refractivity contribution is -0.385. The van der Waals surface area contributed by atoms with Crippen LogP contribution in [0.3, 0.4) is 0 Å². The number of nitrogens with zero attached hydrogens (tertiary/aromatic N) is 2. The molecular formula is C21H17ClN2O5S. The molecule has 0 aliphatic carbocycles. The van der Waals surface area contributed by atoms with Crippen molar-refractivity contribution < 1.29 is 19.6 Å². The first kappa shape index (κ1) is 21.5. The number of aromatic carboxylic acids is 1. The van der Waals surface area contributed by atoms with Crippen LogP contribution in [-0.4, -0.2) is 27.9 Å². The fourth-order valence-corrected chi connectivity index (χ4v) is 4.21. The Morgan fingerprint density at radius 1 is 1.13 bits per heavy atom. The minimum absolute atomic E-state index is 0.0208. The molecule has 2 aromatic carbocycles. The van der Waals surface area contributed by atoms with E-state index >= 15 is 0 Å². The molecule has 30 heavy (non-hydrogen) atoms. The Labute approximate surface area is 181 Å². The summed E-state index contributed by atoms with van der Waals surface area (Å²) in [7, 11) is 0. The van der Waals surface area contributed by atoms with Gasteiger partial charge in [0.05, 0.1) is 10.6 Å². The predicted molar refractivity (Wildman–Crippen MR) is 117 cm³/mol. The van der Waals surface area contributed by atoms with E-state index in [4.69, 9.17) is 11.6 Å². The largest absolute Gasteiger partial charge is 0.477 e. The van der Waals surface area contributed by atoms with Crippen LogP contribution in [0.15, 0.2) is 54.6 Å². The molecule has 3 aromatic rings. The molecule has 0 fully saturated rings. The summed E-state index contributed by atoms with van der Waals surface area (Å²) in [5, 5.41) is 21.3. The first-order valence-corrected chi connectivity index (χ1v) is 10.1. The van der Waals surface area contributed by atoms with Gasteiger partial charge in [0, 0.05) is 22.0 Å². The van der Waals surface area contributed by atoms with Gasteiger partial charge in [-0.15, -0.1) is 11.3 Å². The van der Waals surface area contributed by atoms with Crippen LogP contribution in [0.1, 0.15) is 33.9 Å². The molecule has 0 radical (unpaired) electrons. The molecule has 9 heteroatoms. The van der Waals surface area contributed by atoms with Gasteiger partial charge in [-0.2, -0.15) is 0 Å². The molecule has 0 unspecified atom stereocenters. The summed E-state index contributed by atoms with van der Waals surface area (Å²) in [4.78, 5) is 37.9. The molecule has 154 valence electrons. The fraction of sp³-hybridized carbons (Fsp3) is 0.143. The standard InChI is InChI=1S/C21H17ClN2O5S/c1-12(2)23(20(25)15-9-8-14(22)10-16(15)24(28)29)17-11-18(30-19(17)21(26)27)13-6-4-3-5-7-13/h3-12H,1-2H3,(H,26,27). The van der Waals surface area contributed by atoms with Crippen molar-refractivity contribution in [2.75, 3.05) is 4.90 Å². The first-order chi connectivity index (χ1) is 14.2. The number of thiophene rings is 1. The number of anilines is 1. The van der Waals surface area contributed by atoms with Gasteiger partial charge in [0.2, 0.25) is 0 Å². The van der Waals surface area contributed by atoms with Gasteiger partial charge in [-0.1, -0.05) is 41.9 Å². The zero-order valence-electron chi connectivity index (χ0n) is 16.0. The summed E-state index contributed by atoms with van der Waals surface area (Å²) >= 11 is 6.90. The second-order valence-corrected chi connectivity index (χ2v) is 8.17. The maximum atomic E-state index is 13.3. The summed E-state index contributed by atoms with van der Waals surface area (Å²) in [6, 6.07) is 14.1. The smallest absolute Gasteiger partial charge is 0.348 e. The number of carboxylic acid groups (broad SMARTS) is 1. The van der Waals surface area contributed by atoms with E-state index in [0.717, 1.165) is 23.0 Å². The van der Waals surface area contributed by atoms with Gasteiger partial charge in [-0.25, -0.2) is 4.79 Å². The zero-order chi connectivity index (χ0) is 22.0. The van der Waals surface area contributed by atoms with E-state index in [1.807, 2.05) is 30.3 Å². The predicted octanol–water partition coefficient (Wildman–Crippen LogP) is 5.73. The van der Waals surface area contributed by atoms with Crippen molar-refractivity contribution in [3.8, 4) is 10.4 Å². The average molecular weight is 445 g/mol. The number of nitro groups is 1. The molecule has 1 amide bonds. The maximum absolute atomic E-state index is 13.3. The van der Waals surface area contributed by atoms with Crippen LogP contribution in [0, 0.1) is 10.1 Å². The highest BCUT2D eigenvalue weighted by Gasteiger charge is 2.31. The minimum atomic E-state index is -1.18. The number of carbonyl (C=O) groups excluding carboxylic acids is 1. The fourth-order valence-electron chi connectivity index (χ4n) is 3.05. The number of carbonyl (C=O) groups is 2. The van der Waals surface area contributed by atoms with Crippen LogP contribution in [0.4, 0.5) is 11.4 Å². The topological polar surface area (TPSA) is 101 Å². The lowest BCUT2D eigenvalue weighted by Gasteiger charge is -2.26. The van der Waals surface area contributed by atoms with Crippen molar-refractivity contribution in [1.29, 1.82) is 0 Å². The zero-order valence-corrected chi connectivity index (χ0v) is 17.6. The molecule has 0 aliphatic rings. The summed E-state index contributed by atoms with van der Waals surface area (Å²) in [5.74, 6) is -1.85. The quantitative estimate of drug-likeness (QED) is 0.386. The van der Waals surface area contributed by atoms with E-state index in [1.54, 1.807) is 19.9 Å². The number of hydrogen-bond donors (Lipinski definition) is 1. The molecule has 3 rings (SSSR count). The van der Waals surface area contributed by atoms with E-state index < -0.39 is 28.5 Å². The number of carboxylic acids is 1. The molecule has 0 spiro atoms. The van der Waals surface area contributed by atoms with E-state index in [9.17, 15) is 24.8 Å². The van der Waals surface area contributed by atoms with Gasteiger partial charge in [0.15, 0.2) is 0 Å². The SMILES string of the molecule is CC(C)N(C(=O)c1ccc(Cl)cc1[N+](=O)[O-])c1cc(-c2ccccc2)sc1C(=O)O. The minimum Gasteiger partial charge on any atom is -0.477 e. The number of amides is 1. The van der Waals surface area contributed by atoms with Gasteiger partial charge in [-0.05, 0) is 37.6 Å². The average Bonchev–Trinajstić information content (AvgIpc) is 3.13. The monoisotopic (exact) mass is 444 g/mol. The van der Waals surface area contributed by atoms with Crippen LogP contribution in [0.2, 0.25) is 5.02 Å². The Balaban J connectivity index is 2.16.